The molecule has 4 bridgehead atoms. The number of likely N-dealkylation sites (tertiary alicyclic amines) is 1. The van der Waals surface area contributed by atoms with Crippen LogP contribution in [0, 0.1) is 28.6 Å². The molecule has 0 spiro atoms. The van der Waals surface area contributed by atoms with Crippen LogP contribution in [-0.4, -0.2) is 30.3 Å². The Hall–Kier alpha value is -0.370. The van der Waals surface area contributed by atoms with Crippen LogP contribution in [0.4, 0.5) is 0 Å². The highest BCUT2D eigenvalue weighted by Crippen LogP contribution is 2.61. The summed E-state index contributed by atoms with van der Waals surface area (Å²) >= 11 is 0. The summed E-state index contributed by atoms with van der Waals surface area (Å²) in [6.07, 6.45) is 10.7. The number of rotatable bonds is 2. The predicted octanol–water partition coefficient (Wildman–Crippen LogP) is 3.50. The number of aldehydes is 1. The van der Waals surface area contributed by atoms with E-state index in [1.165, 1.54) is 64.3 Å². The zero-order chi connectivity index (χ0) is 14.0. The van der Waals surface area contributed by atoms with Crippen LogP contribution >= 0.6 is 0 Å². The highest BCUT2D eigenvalue weighted by molar-refractivity contribution is 5.62. The van der Waals surface area contributed by atoms with Crippen molar-refractivity contribution in [3.8, 4) is 0 Å². The van der Waals surface area contributed by atoms with E-state index in [0.717, 1.165) is 17.8 Å². The quantitative estimate of drug-likeness (QED) is 0.719. The van der Waals surface area contributed by atoms with Gasteiger partial charge in [0.15, 0.2) is 0 Å². The van der Waals surface area contributed by atoms with Gasteiger partial charge in [0.1, 0.15) is 6.29 Å². The van der Waals surface area contributed by atoms with Crippen LogP contribution in [0.3, 0.4) is 0 Å². The lowest BCUT2D eigenvalue weighted by Gasteiger charge is -2.63. The second-order valence-electron chi connectivity index (χ2n) is 9.14. The predicted molar refractivity (Wildman–Crippen MR) is 80.4 cm³/mol. The number of hydrogen-bond donors (Lipinski definition) is 0. The first kappa shape index (κ1) is 13.3. The molecule has 4 aliphatic carbocycles. The first-order valence-corrected chi connectivity index (χ1v) is 8.72. The number of piperidine rings is 1. The van der Waals surface area contributed by atoms with Gasteiger partial charge < -0.3 is 4.79 Å². The van der Waals surface area contributed by atoms with Crippen molar-refractivity contribution in [3.63, 3.8) is 0 Å². The zero-order valence-corrected chi connectivity index (χ0v) is 13.1. The van der Waals surface area contributed by atoms with E-state index in [1.54, 1.807) is 0 Å². The first-order chi connectivity index (χ1) is 9.51. The summed E-state index contributed by atoms with van der Waals surface area (Å²) in [7, 11) is 0. The van der Waals surface area contributed by atoms with Gasteiger partial charge >= 0.3 is 0 Å². The maximum absolute atomic E-state index is 12.0. The first-order valence-electron chi connectivity index (χ1n) is 8.72. The molecule has 4 saturated carbocycles. The van der Waals surface area contributed by atoms with Gasteiger partial charge in [0.2, 0.25) is 0 Å². The largest absolute Gasteiger partial charge is 0.303 e. The van der Waals surface area contributed by atoms with Crippen LogP contribution in [-0.2, 0) is 4.79 Å². The van der Waals surface area contributed by atoms with Crippen molar-refractivity contribution >= 4 is 6.29 Å². The highest BCUT2D eigenvalue weighted by Gasteiger charge is 2.59. The van der Waals surface area contributed by atoms with Gasteiger partial charge in [-0.1, -0.05) is 13.8 Å². The van der Waals surface area contributed by atoms with Gasteiger partial charge in [-0.05, 0) is 74.7 Å². The van der Waals surface area contributed by atoms with Crippen LogP contribution in [0.2, 0.25) is 0 Å². The molecule has 5 aliphatic rings. The molecule has 1 heterocycles. The van der Waals surface area contributed by atoms with Crippen LogP contribution in [0.5, 0.6) is 0 Å². The molecular formula is C18H29NO. The van der Waals surface area contributed by atoms with E-state index in [2.05, 4.69) is 18.7 Å². The minimum atomic E-state index is 0.0299. The van der Waals surface area contributed by atoms with Crippen LogP contribution < -0.4 is 0 Å². The molecule has 0 aromatic rings. The van der Waals surface area contributed by atoms with Crippen LogP contribution in [0.1, 0.15) is 58.8 Å². The molecule has 5 rings (SSSR count). The summed E-state index contributed by atoms with van der Waals surface area (Å²) in [6.45, 7) is 7.25. The van der Waals surface area contributed by atoms with E-state index >= 15 is 0 Å². The summed E-state index contributed by atoms with van der Waals surface area (Å²) in [5, 5.41) is 0. The van der Waals surface area contributed by atoms with Crippen LogP contribution in [0.15, 0.2) is 0 Å². The molecule has 3 atom stereocenters. The fourth-order valence-electron chi connectivity index (χ4n) is 6.61. The molecule has 3 unspecified atom stereocenters. The third kappa shape index (κ3) is 1.90. The molecule has 2 nitrogen and oxygen atoms in total. The minimum absolute atomic E-state index is 0.0299. The Morgan fingerprint density at radius 2 is 1.80 bits per heavy atom. The molecule has 1 aliphatic heterocycles. The van der Waals surface area contributed by atoms with Crippen molar-refractivity contribution in [2.24, 2.45) is 28.6 Å². The smallest absolute Gasteiger partial charge is 0.127 e. The van der Waals surface area contributed by atoms with E-state index in [9.17, 15) is 4.79 Å². The van der Waals surface area contributed by atoms with Gasteiger partial charge in [0.05, 0.1) is 0 Å². The second kappa shape index (κ2) is 4.32. The SMILES string of the molecule is CC1(C)CCCN(C2C3CC4CC(C3)CC2(C=O)C4)C1. The maximum atomic E-state index is 12.0. The molecule has 112 valence electrons. The summed E-state index contributed by atoms with van der Waals surface area (Å²) in [5.74, 6) is 2.55. The summed E-state index contributed by atoms with van der Waals surface area (Å²) < 4.78 is 0. The third-order valence-corrected chi connectivity index (χ3v) is 6.87. The average Bonchev–Trinajstić information content (AvgIpc) is 2.36. The maximum Gasteiger partial charge on any atom is 0.127 e. The fraction of sp³-hybridized carbons (Fsp3) is 0.944. The molecule has 0 aromatic heterocycles. The fourth-order valence-corrected chi connectivity index (χ4v) is 6.61. The Labute approximate surface area is 123 Å². The van der Waals surface area contributed by atoms with Crippen molar-refractivity contribution in [3.05, 3.63) is 0 Å². The van der Waals surface area contributed by atoms with Crippen molar-refractivity contribution in [1.29, 1.82) is 0 Å². The lowest BCUT2D eigenvalue weighted by Crippen LogP contribution is -2.64. The molecular weight excluding hydrogens is 246 g/mol. The summed E-state index contributed by atoms with van der Waals surface area (Å²) in [4.78, 5) is 14.8. The van der Waals surface area contributed by atoms with E-state index in [-0.39, 0.29) is 5.41 Å². The molecule has 5 fully saturated rings. The highest BCUT2D eigenvalue weighted by atomic mass is 16.1. The molecule has 0 radical (unpaired) electrons. The standard InChI is InChI=1S/C18H29NO/c1-17(2)4-3-5-19(11-17)16-15-7-13-6-14(8-15)10-18(16,9-13)12-20/h12-16H,3-11H2,1-2H3. The number of hydrogen-bond acceptors (Lipinski definition) is 2. The lowest BCUT2D eigenvalue weighted by molar-refractivity contribution is -0.155. The van der Waals surface area contributed by atoms with Gasteiger partial charge in [-0.15, -0.1) is 0 Å². The van der Waals surface area contributed by atoms with E-state index in [0.29, 0.717) is 11.5 Å². The van der Waals surface area contributed by atoms with Crippen molar-refractivity contribution < 1.29 is 4.79 Å². The van der Waals surface area contributed by atoms with Gasteiger partial charge in [0.25, 0.3) is 0 Å². The molecule has 0 aromatic carbocycles. The molecule has 1 saturated heterocycles. The Morgan fingerprint density at radius 3 is 2.40 bits per heavy atom. The molecule has 20 heavy (non-hydrogen) atoms. The molecule has 0 amide bonds. The average molecular weight is 275 g/mol. The Bertz CT molecular complexity index is 402. The number of carbonyl (C=O) groups excluding carboxylic acids is 1. The molecule has 2 heteroatoms. The Balaban J connectivity index is 1.64. The normalized spacial score (nSPS) is 50.3. The molecule has 0 N–H and O–H groups in total. The van der Waals surface area contributed by atoms with Crippen molar-refractivity contribution in [2.75, 3.05) is 13.1 Å². The lowest BCUT2D eigenvalue weighted by atomic mass is 9.47. The van der Waals surface area contributed by atoms with Gasteiger partial charge in [-0.3, -0.25) is 4.90 Å². The summed E-state index contributed by atoms with van der Waals surface area (Å²) in [6, 6.07) is 0.576. The number of nitrogens with zero attached hydrogens (tertiary/aromatic N) is 1. The number of carbonyl (C=O) groups is 1. The Kier molecular flexibility index (Phi) is 2.87. The minimum Gasteiger partial charge on any atom is -0.303 e. The monoisotopic (exact) mass is 275 g/mol. The van der Waals surface area contributed by atoms with E-state index in [4.69, 9.17) is 0 Å². The third-order valence-electron chi connectivity index (χ3n) is 6.87. The van der Waals surface area contributed by atoms with E-state index < -0.39 is 0 Å². The van der Waals surface area contributed by atoms with Crippen molar-refractivity contribution in [1.82, 2.24) is 4.90 Å². The van der Waals surface area contributed by atoms with Gasteiger partial charge in [-0.2, -0.15) is 0 Å². The van der Waals surface area contributed by atoms with Gasteiger partial charge in [0, 0.05) is 18.0 Å². The second-order valence-corrected chi connectivity index (χ2v) is 9.14. The zero-order valence-electron chi connectivity index (χ0n) is 13.1. The summed E-state index contributed by atoms with van der Waals surface area (Å²) in [5.41, 5.74) is 0.471. The topological polar surface area (TPSA) is 20.3 Å². The van der Waals surface area contributed by atoms with Crippen molar-refractivity contribution in [2.45, 2.75) is 64.8 Å². The van der Waals surface area contributed by atoms with Crippen LogP contribution in [0.25, 0.3) is 0 Å². The Morgan fingerprint density at radius 1 is 1.10 bits per heavy atom. The van der Waals surface area contributed by atoms with Gasteiger partial charge in [-0.25, -0.2) is 0 Å². The van der Waals surface area contributed by atoms with E-state index in [1.807, 2.05) is 0 Å².